The first-order chi connectivity index (χ1) is 12.1. The van der Waals surface area contributed by atoms with E-state index in [9.17, 15) is 4.79 Å². The lowest BCUT2D eigenvalue weighted by molar-refractivity contribution is -0.140. The molecule has 0 saturated carbocycles. The summed E-state index contributed by atoms with van der Waals surface area (Å²) in [5.41, 5.74) is 3.04. The van der Waals surface area contributed by atoms with Crippen molar-refractivity contribution in [1.29, 1.82) is 0 Å². The second kappa shape index (κ2) is 10.1. The Kier molecular flexibility index (Phi) is 7.81. The number of ether oxygens (including phenoxy) is 1. The Morgan fingerprint density at radius 2 is 2.00 bits per heavy atom. The molecule has 7 heteroatoms. The largest absolute Gasteiger partial charge is 0.469 e. The molecular formula is C18H23N3O2S2. The van der Waals surface area contributed by atoms with Crippen LogP contribution >= 0.6 is 23.6 Å². The van der Waals surface area contributed by atoms with E-state index in [-0.39, 0.29) is 5.97 Å². The quantitative estimate of drug-likeness (QED) is 0.410. The van der Waals surface area contributed by atoms with Crippen molar-refractivity contribution in [1.82, 2.24) is 10.3 Å². The van der Waals surface area contributed by atoms with Gasteiger partial charge in [-0.05, 0) is 44.1 Å². The van der Waals surface area contributed by atoms with Gasteiger partial charge in [-0.1, -0.05) is 18.6 Å². The number of carbonyl (C=O) groups is 1. The summed E-state index contributed by atoms with van der Waals surface area (Å²) in [6.07, 6.45) is 3.24. The van der Waals surface area contributed by atoms with Crippen molar-refractivity contribution >= 4 is 40.3 Å². The molecule has 2 N–H and O–H groups in total. The van der Waals surface area contributed by atoms with Gasteiger partial charge in [-0.2, -0.15) is 0 Å². The zero-order valence-electron chi connectivity index (χ0n) is 14.5. The summed E-state index contributed by atoms with van der Waals surface area (Å²) in [6.45, 7) is 2.78. The summed E-state index contributed by atoms with van der Waals surface area (Å²) in [7, 11) is 1.42. The third-order valence-corrected chi connectivity index (χ3v) is 4.65. The van der Waals surface area contributed by atoms with Crippen molar-refractivity contribution in [2.75, 3.05) is 19.0 Å². The van der Waals surface area contributed by atoms with Crippen LogP contribution in [0.3, 0.4) is 0 Å². The average Bonchev–Trinajstić information content (AvgIpc) is 3.04. The molecule has 2 rings (SSSR count). The molecule has 0 atom stereocenters. The summed E-state index contributed by atoms with van der Waals surface area (Å²) in [6, 6.07) is 8.06. The third kappa shape index (κ3) is 6.80. The number of methoxy groups -OCH3 is 1. The van der Waals surface area contributed by atoms with E-state index in [1.807, 2.05) is 31.2 Å². The molecule has 1 heterocycles. The van der Waals surface area contributed by atoms with Crippen molar-refractivity contribution in [3.05, 3.63) is 34.7 Å². The molecular weight excluding hydrogens is 354 g/mol. The highest BCUT2D eigenvalue weighted by Crippen LogP contribution is 2.23. The standard InChI is InChI=1S/C18H23N3O2S2/c1-13-20-16(12-25-13)14-7-9-15(10-8-14)21-18(24)19-11-5-3-4-6-17(22)23-2/h7-10,12H,3-6,11H2,1-2H3,(H2,19,21,24). The number of benzene rings is 1. The van der Waals surface area contributed by atoms with Crippen molar-refractivity contribution in [2.24, 2.45) is 0 Å². The van der Waals surface area contributed by atoms with E-state index in [0.717, 1.165) is 47.8 Å². The van der Waals surface area contributed by atoms with E-state index in [1.54, 1.807) is 11.3 Å². The van der Waals surface area contributed by atoms with Crippen LogP contribution in [-0.2, 0) is 9.53 Å². The predicted molar refractivity (Wildman–Crippen MR) is 107 cm³/mol. The molecule has 0 bridgehead atoms. The maximum Gasteiger partial charge on any atom is 0.305 e. The van der Waals surface area contributed by atoms with E-state index in [2.05, 4.69) is 25.7 Å². The Hall–Kier alpha value is -1.99. The first-order valence-corrected chi connectivity index (χ1v) is 9.51. The van der Waals surface area contributed by atoms with Crippen molar-refractivity contribution in [3.8, 4) is 11.3 Å². The van der Waals surface area contributed by atoms with Gasteiger partial charge in [0.05, 0.1) is 17.8 Å². The van der Waals surface area contributed by atoms with Crippen molar-refractivity contribution in [3.63, 3.8) is 0 Å². The molecule has 0 saturated heterocycles. The smallest absolute Gasteiger partial charge is 0.305 e. The highest BCUT2D eigenvalue weighted by Gasteiger charge is 2.03. The number of rotatable bonds is 8. The number of aromatic nitrogens is 1. The van der Waals surface area contributed by atoms with Gasteiger partial charge in [0.15, 0.2) is 5.11 Å². The molecule has 0 aliphatic heterocycles. The molecule has 25 heavy (non-hydrogen) atoms. The summed E-state index contributed by atoms with van der Waals surface area (Å²) in [5.74, 6) is -0.151. The Labute approximate surface area is 157 Å². The molecule has 134 valence electrons. The van der Waals surface area contributed by atoms with Gasteiger partial charge >= 0.3 is 5.97 Å². The molecule has 0 amide bonds. The van der Waals surface area contributed by atoms with Crippen molar-refractivity contribution < 1.29 is 9.53 Å². The highest BCUT2D eigenvalue weighted by atomic mass is 32.1. The number of carbonyl (C=O) groups excluding carboxylic acids is 1. The second-order valence-corrected chi connectivity index (χ2v) is 7.07. The molecule has 5 nitrogen and oxygen atoms in total. The summed E-state index contributed by atoms with van der Waals surface area (Å²) < 4.78 is 4.61. The maximum atomic E-state index is 11.0. The molecule has 0 aliphatic rings. The molecule has 0 spiro atoms. The van der Waals surface area contributed by atoms with Gasteiger partial charge in [-0.3, -0.25) is 4.79 Å². The topological polar surface area (TPSA) is 63.2 Å². The fourth-order valence-corrected chi connectivity index (χ4v) is 3.11. The molecule has 1 aromatic heterocycles. The van der Waals surface area contributed by atoms with Gasteiger partial charge in [0.2, 0.25) is 0 Å². The molecule has 2 aromatic rings. The minimum Gasteiger partial charge on any atom is -0.469 e. The molecule has 0 radical (unpaired) electrons. The number of nitrogens with one attached hydrogen (secondary N) is 2. The van der Waals surface area contributed by atoms with Crippen LogP contribution in [0.1, 0.15) is 30.7 Å². The number of anilines is 1. The average molecular weight is 378 g/mol. The van der Waals surface area contributed by atoms with Crippen LogP contribution in [0.5, 0.6) is 0 Å². The van der Waals surface area contributed by atoms with E-state index in [1.165, 1.54) is 7.11 Å². The maximum absolute atomic E-state index is 11.0. The van der Waals surface area contributed by atoms with Gasteiger partial charge in [-0.15, -0.1) is 11.3 Å². The predicted octanol–water partition coefficient (Wildman–Crippen LogP) is 4.14. The van der Waals surface area contributed by atoms with E-state index in [4.69, 9.17) is 12.2 Å². The molecule has 1 aromatic carbocycles. The van der Waals surface area contributed by atoms with E-state index in [0.29, 0.717) is 11.5 Å². The van der Waals surface area contributed by atoms with Crippen LogP contribution in [0.15, 0.2) is 29.6 Å². The molecule has 0 fully saturated rings. The van der Waals surface area contributed by atoms with Crippen LogP contribution in [0.25, 0.3) is 11.3 Å². The van der Waals surface area contributed by atoms with E-state index < -0.39 is 0 Å². The van der Waals surface area contributed by atoms with Crippen LogP contribution in [-0.4, -0.2) is 29.7 Å². The zero-order valence-corrected chi connectivity index (χ0v) is 16.1. The summed E-state index contributed by atoms with van der Waals surface area (Å²) in [5, 5.41) is 10.1. The Bertz CT molecular complexity index is 699. The number of hydrogen-bond acceptors (Lipinski definition) is 5. The summed E-state index contributed by atoms with van der Waals surface area (Å²) >= 11 is 6.95. The van der Waals surface area contributed by atoms with Crippen LogP contribution in [0.4, 0.5) is 5.69 Å². The SMILES string of the molecule is COC(=O)CCCCCNC(=S)Nc1ccc(-c2csc(C)n2)cc1. The normalized spacial score (nSPS) is 10.3. The van der Waals surface area contributed by atoms with Crippen LogP contribution in [0.2, 0.25) is 0 Å². The third-order valence-electron chi connectivity index (χ3n) is 3.63. The lowest BCUT2D eigenvalue weighted by Crippen LogP contribution is -2.29. The second-order valence-electron chi connectivity index (χ2n) is 5.60. The Morgan fingerprint density at radius 1 is 1.24 bits per heavy atom. The van der Waals surface area contributed by atoms with Crippen LogP contribution < -0.4 is 10.6 Å². The zero-order chi connectivity index (χ0) is 18.1. The lowest BCUT2D eigenvalue weighted by Gasteiger charge is -2.10. The number of thiocarbonyl (C=S) groups is 1. The van der Waals surface area contributed by atoms with Gasteiger partial charge < -0.3 is 15.4 Å². The lowest BCUT2D eigenvalue weighted by atomic mass is 10.1. The Morgan fingerprint density at radius 3 is 2.64 bits per heavy atom. The van der Waals surface area contributed by atoms with Crippen molar-refractivity contribution in [2.45, 2.75) is 32.6 Å². The fraction of sp³-hybridized carbons (Fsp3) is 0.389. The monoisotopic (exact) mass is 377 g/mol. The molecule has 0 unspecified atom stereocenters. The van der Waals surface area contributed by atoms with Gasteiger partial charge in [0, 0.05) is 29.6 Å². The number of aryl methyl sites for hydroxylation is 1. The van der Waals surface area contributed by atoms with Gasteiger partial charge in [-0.25, -0.2) is 4.98 Å². The minimum atomic E-state index is -0.151. The summed E-state index contributed by atoms with van der Waals surface area (Å²) in [4.78, 5) is 15.5. The number of thiazole rings is 1. The van der Waals surface area contributed by atoms with Crippen LogP contribution in [0, 0.1) is 6.92 Å². The first kappa shape index (κ1) is 19.3. The fourth-order valence-electron chi connectivity index (χ4n) is 2.27. The molecule has 0 aliphatic carbocycles. The highest BCUT2D eigenvalue weighted by molar-refractivity contribution is 7.80. The first-order valence-electron chi connectivity index (χ1n) is 8.22. The Balaban J connectivity index is 1.67. The minimum absolute atomic E-state index is 0.151. The number of hydrogen-bond donors (Lipinski definition) is 2. The number of esters is 1. The number of nitrogens with zero attached hydrogens (tertiary/aromatic N) is 1. The number of unbranched alkanes of at least 4 members (excludes halogenated alkanes) is 2. The van der Waals surface area contributed by atoms with E-state index >= 15 is 0 Å². The van der Waals surface area contributed by atoms with Gasteiger partial charge in [0.1, 0.15) is 0 Å². The van der Waals surface area contributed by atoms with Gasteiger partial charge in [0.25, 0.3) is 0 Å².